The van der Waals surface area contributed by atoms with Crippen LogP contribution in [-0.4, -0.2) is 59.3 Å². The molecule has 1 fully saturated rings. The number of aliphatic carboxylic acids is 1. The standard InChI is InChI=1S/C23H26IN5O.C2HF3O2/c1-29(2)21-18-8-4-6-10-20(18)27-23(28-21)26-16-13-11-15(12-14-16)25-22(30)17-7-3-5-9-19(17)24;3-2(4,5)1(6)7/h3-10,15-16H,11-14H2,1-2H3,(H,25,30)(H,26,27,28);(H,6,7). The molecule has 1 aromatic heterocycles. The topological polar surface area (TPSA) is 107 Å². The van der Waals surface area contributed by atoms with Crippen LogP contribution in [0.2, 0.25) is 0 Å². The highest BCUT2D eigenvalue weighted by Gasteiger charge is 2.38. The molecule has 0 unspecified atom stereocenters. The summed E-state index contributed by atoms with van der Waals surface area (Å²) in [5.41, 5.74) is 1.69. The van der Waals surface area contributed by atoms with E-state index in [1.54, 1.807) is 0 Å². The van der Waals surface area contributed by atoms with Gasteiger partial charge < -0.3 is 20.6 Å². The summed E-state index contributed by atoms with van der Waals surface area (Å²) in [5, 5.41) is 14.9. The second-order valence-electron chi connectivity index (χ2n) is 8.73. The van der Waals surface area contributed by atoms with Crippen LogP contribution in [-0.2, 0) is 4.79 Å². The molecular formula is C25H27F3IN5O3. The Bertz CT molecular complexity index is 1250. The molecule has 1 amide bonds. The van der Waals surface area contributed by atoms with Gasteiger partial charge in [0.05, 0.1) is 11.1 Å². The fourth-order valence-corrected chi connectivity index (χ4v) is 4.57. The largest absolute Gasteiger partial charge is 0.490 e. The van der Waals surface area contributed by atoms with Crippen molar-refractivity contribution in [1.82, 2.24) is 15.3 Å². The summed E-state index contributed by atoms with van der Waals surface area (Å²) in [7, 11) is 4.00. The maximum atomic E-state index is 12.6. The minimum atomic E-state index is -5.08. The average molecular weight is 629 g/mol. The molecule has 198 valence electrons. The summed E-state index contributed by atoms with van der Waals surface area (Å²) in [6.07, 6.45) is -1.24. The summed E-state index contributed by atoms with van der Waals surface area (Å²) in [6, 6.07) is 16.3. The summed E-state index contributed by atoms with van der Waals surface area (Å²) in [6.45, 7) is 0. The summed E-state index contributed by atoms with van der Waals surface area (Å²) >= 11 is 2.21. The smallest absolute Gasteiger partial charge is 0.475 e. The van der Waals surface area contributed by atoms with Gasteiger partial charge in [0.1, 0.15) is 5.82 Å². The number of nitrogens with zero attached hydrogens (tertiary/aromatic N) is 3. The molecule has 2 aromatic carbocycles. The van der Waals surface area contributed by atoms with Gasteiger partial charge in [-0.3, -0.25) is 4.79 Å². The number of fused-ring (bicyclic) bond motifs is 1. The van der Waals surface area contributed by atoms with E-state index in [1.807, 2.05) is 61.5 Å². The number of halogens is 4. The van der Waals surface area contributed by atoms with Crippen molar-refractivity contribution in [2.24, 2.45) is 0 Å². The quantitative estimate of drug-likeness (QED) is 0.338. The van der Waals surface area contributed by atoms with Crippen molar-refractivity contribution in [3.63, 3.8) is 0 Å². The number of hydrogen-bond acceptors (Lipinski definition) is 6. The number of carbonyl (C=O) groups excluding carboxylic acids is 1. The maximum absolute atomic E-state index is 12.6. The molecule has 1 aliphatic carbocycles. The zero-order valence-corrected chi connectivity index (χ0v) is 22.4. The molecule has 1 heterocycles. The van der Waals surface area contributed by atoms with Crippen molar-refractivity contribution in [3.8, 4) is 0 Å². The number of alkyl halides is 3. The maximum Gasteiger partial charge on any atom is 0.490 e. The number of benzene rings is 2. The molecule has 0 aliphatic heterocycles. The number of rotatable bonds is 5. The lowest BCUT2D eigenvalue weighted by atomic mass is 9.91. The molecule has 0 spiro atoms. The lowest BCUT2D eigenvalue weighted by Gasteiger charge is -2.30. The number of hydrogen-bond donors (Lipinski definition) is 3. The molecule has 0 bridgehead atoms. The first kappa shape index (κ1) is 28.4. The van der Waals surface area contributed by atoms with Gasteiger partial charge in [-0.25, -0.2) is 9.78 Å². The Labute approximate surface area is 225 Å². The normalized spacial score (nSPS) is 17.4. The van der Waals surface area contributed by atoms with Crippen LogP contribution in [0.3, 0.4) is 0 Å². The second-order valence-corrected chi connectivity index (χ2v) is 9.89. The second kappa shape index (κ2) is 12.4. The van der Waals surface area contributed by atoms with Gasteiger partial charge in [-0.05, 0) is 72.5 Å². The van der Waals surface area contributed by atoms with Crippen LogP contribution in [0.15, 0.2) is 48.5 Å². The molecule has 12 heteroatoms. The molecule has 0 atom stereocenters. The average Bonchev–Trinajstić information content (AvgIpc) is 2.84. The van der Waals surface area contributed by atoms with Gasteiger partial charge in [0.2, 0.25) is 5.95 Å². The number of carboxylic acid groups (broad SMARTS) is 1. The zero-order chi connectivity index (χ0) is 27.2. The SMILES string of the molecule is CN(C)c1nc(NC2CCC(NC(=O)c3ccccc3I)CC2)nc2ccccc12.O=C(O)C(F)(F)F. The Hall–Kier alpha value is -3.16. The molecule has 37 heavy (non-hydrogen) atoms. The highest BCUT2D eigenvalue weighted by atomic mass is 127. The van der Waals surface area contributed by atoms with Crippen LogP contribution in [0.25, 0.3) is 10.9 Å². The van der Waals surface area contributed by atoms with Crippen molar-refractivity contribution in [2.75, 3.05) is 24.3 Å². The van der Waals surface area contributed by atoms with E-state index < -0.39 is 12.1 Å². The summed E-state index contributed by atoms with van der Waals surface area (Å²) in [5.74, 6) is -1.15. The van der Waals surface area contributed by atoms with Gasteiger partial charge in [-0.1, -0.05) is 24.3 Å². The van der Waals surface area contributed by atoms with E-state index in [9.17, 15) is 18.0 Å². The minimum absolute atomic E-state index is 0.0184. The molecule has 1 aliphatic rings. The third-order valence-corrected chi connectivity index (χ3v) is 6.70. The fourth-order valence-electron chi connectivity index (χ4n) is 3.94. The number of amides is 1. The van der Waals surface area contributed by atoms with Crippen molar-refractivity contribution in [1.29, 1.82) is 0 Å². The van der Waals surface area contributed by atoms with Crippen LogP contribution in [0.1, 0.15) is 36.0 Å². The number of carbonyl (C=O) groups is 2. The van der Waals surface area contributed by atoms with E-state index in [0.717, 1.165) is 51.5 Å². The minimum Gasteiger partial charge on any atom is -0.475 e. The molecule has 4 rings (SSSR count). The number of nitrogens with one attached hydrogen (secondary N) is 2. The first-order chi connectivity index (χ1) is 17.5. The molecule has 8 nitrogen and oxygen atoms in total. The fraction of sp³-hybridized carbons (Fsp3) is 0.360. The van der Waals surface area contributed by atoms with E-state index in [2.05, 4.69) is 39.3 Å². The first-order valence-electron chi connectivity index (χ1n) is 11.5. The molecule has 3 aromatic rings. The first-order valence-corrected chi connectivity index (χ1v) is 12.6. The summed E-state index contributed by atoms with van der Waals surface area (Å²) in [4.78, 5) is 32.9. The Morgan fingerprint density at radius 2 is 1.54 bits per heavy atom. The number of carboxylic acids is 1. The van der Waals surface area contributed by atoms with Gasteiger partial charge in [-0.2, -0.15) is 18.2 Å². The number of aromatic nitrogens is 2. The Balaban J connectivity index is 0.000000479. The molecule has 3 N–H and O–H groups in total. The highest BCUT2D eigenvalue weighted by molar-refractivity contribution is 14.1. The van der Waals surface area contributed by atoms with Crippen LogP contribution in [0.4, 0.5) is 24.9 Å². The third-order valence-electron chi connectivity index (χ3n) is 5.76. The number of para-hydroxylation sites is 1. The van der Waals surface area contributed by atoms with Crippen molar-refractivity contribution >= 4 is 57.1 Å². The molecule has 0 radical (unpaired) electrons. The van der Waals surface area contributed by atoms with E-state index in [4.69, 9.17) is 19.9 Å². The lowest BCUT2D eigenvalue weighted by Crippen LogP contribution is -2.40. The van der Waals surface area contributed by atoms with Crippen LogP contribution in [0, 0.1) is 3.57 Å². The predicted molar refractivity (Wildman–Crippen MR) is 144 cm³/mol. The molecular weight excluding hydrogens is 602 g/mol. The Morgan fingerprint density at radius 3 is 2.14 bits per heavy atom. The van der Waals surface area contributed by atoms with Crippen molar-refractivity contribution in [2.45, 2.75) is 43.9 Å². The van der Waals surface area contributed by atoms with Gasteiger partial charge >= 0.3 is 12.1 Å². The van der Waals surface area contributed by atoms with Crippen molar-refractivity contribution in [3.05, 3.63) is 57.7 Å². The Morgan fingerprint density at radius 1 is 0.973 bits per heavy atom. The van der Waals surface area contributed by atoms with Gasteiger partial charge in [0, 0.05) is 35.1 Å². The van der Waals surface area contributed by atoms with Crippen molar-refractivity contribution < 1.29 is 27.9 Å². The van der Waals surface area contributed by atoms with Crippen LogP contribution >= 0.6 is 22.6 Å². The van der Waals surface area contributed by atoms with E-state index >= 15 is 0 Å². The van der Waals surface area contributed by atoms with Gasteiger partial charge in [0.15, 0.2) is 0 Å². The third kappa shape index (κ3) is 7.91. The predicted octanol–water partition coefficient (Wildman–Crippen LogP) is 5.09. The van der Waals surface area contributed by atoms with E-state index in [-0.39, 0.29) is 11.9 Å². The van der Waals surface area contributed by atoms with E-state index in [1.165, 1.54) is 0 Å². The molecule has 1 saturated carbocycles. The zero-order valence-electron chi connectivity index (χ0n) is 20.2. The van der Waals surface area contributed by atoms with Crippen LogP contribution in [0.5, 0.6) is 0 Å². The molecule has 0 saturated heterocycles. The van der Waals surface area contributed by atoms with Crippen LogP contribution < -0.4 is 15.5 Å². The highest BCUT2D eigenvalue weighted by Crippen LogP contribution is 2.26. The lowest BCUT2D eigenvalue weighted by molar-refractivity contribution is -0.192. The number of anilines is 2. The Kier molecular flexibility index (Phi) is 9.51. The van der Waals surface area contributed by atoms with Gasteiger partial charge in [-0.15, -0.1) is 0 Å². The summed E-state index contributed by atoms with van der Waals surface area (Å²) < 4.78 is 32.7. The van der Waals surface area contributed by atoms with Gasteiger partial charge in [0.25, 0.3) is 5.91 Å². The monoisotopic (exact) mass is 629 g/mol. The van der Waals surface area contributed by atoms with E-state index in [0.29, 0.717) is 12.0 Å².